The molecule has 0 radical (unpaired) electrons. The molecule has 10 heteroatoms. The van der Waals surface area contributed by atoms with E-state index < -0.39 is 41.1 Å². The third kappa shape index (κ3) is 3.77. The molecule has 3 aromatic rings. The maximum absolute atomic E-state index is 13.4. The molecule has 0 bridgehead atoms. The van der Waals surface area contributed by atoms with Crippen molar-refractivity contribution in [3.8, 4) is 0 Å². The Kier molecular flexibility index (Phi) is 5.47. The zero-order valence-electron chi connectivity index (χ0n) is 15.9. The number of carbonyl (C=O) groups is 3. The number of nitrogens with zero attached hydrogens (tertiary/aromatic N) is 4. The summed E-state index contributed by atoms with van der Waals surface area (Å²) >= 11 is 3.32. The molecule has 0 unspecified atom stereocenters. The summed E-state index contributed by atoms with van der Waals surface area (Å²) in [5.41, 5.74) is 0.732. The molecule has 0 saturated heterocycles. The molecule has 31 heavy (non-hydrogen) atoms. The van der Waals surface area contributed by atoms with Gasteiger partial charge in [-0.05, 0) is 35.9 Å². The first kappa shape index (κ1) is 20.6. The number of halogens is 1. The van der Waals surface area contributed by atoms with Crippen molar-refractivity contribution in [2.45, 2.75) is 12.0 Å². The second-order valence-corrected chi connectivity index (χ2v) is 7.84. The molecule has 2 heterocycles. The van der Waals surface area contributed by atoms with Gasteiger partial charge in [-0.3, -0.25) is 29.4 Å². The normalized spacial score (nSPS) is 14.9. The zero-order valence-corrected chi connectivity index (χ0v) is 17.5. The molecule has 156 valence electrons. The molecule has 1 aliphatic rings. The van der Waals surface area contributed by atoms with Gasteiger partial charge in [0.15, 0.2) is 0 Å². The predicted octanol–water partition coefficient (Wildman–Crippen LogP) is 3.01. The van der Waals surface area contributed by atoms with Gasteiger partial charge in [-0.2, -0.15) is 5.10 Å². The van der Waals surface area contributed by atoms with Crippen LogP contribution in [0.1, 0.15) is 37.0 Å². The smallest absolute Gasteiger partial charge is 0.262 e. The summed E-state index contributed by atoms with van der Waals surface area (Å²) < 4.78 is 1.80. The number of aromatic nitrogens is 2. The van der Waals surface area contributed by atoms with Gasteiger partial charge in [-0.15, -0.1) is 0 Å². The van der Waals surface area contributed by atoms with Crippen molar-refractivity contribution < 1.29 is 19.3 Å². The van der Waals surface area contributed by atoms with Crippen LogP contribution in [0.4, 0.5) is 0 Å². The highest BCUT2D eigenvalue weighted by Crippen LogP contribution is 2.33. The number of benzene rings is 2. The molecular formula is C21H15BrN4O5. The topological polar surface area (TPSA) is 115 Å². The lowest BCUT2D eigenvalue weighted by molar-refractivity contribution is -0.485. The molecule has 2 aromatic carbocycles. The molecule has 4 rings (SSSR count). The number of imide groups is 1. The number of rotatable bonds is 6. The van der Waals surface area contributed by atoms with E-state index in [1.165, 1.54) is 24.5 Å². The van der Waals surface area contributed by atoms with Gasteiger partial charge in [0.2, 0.25) is 6.54 Å². The van der Waals surface area contributed by atoms with Gasteiger partial charge in [0, 0.05) is 21.8 Å². The fraction of sp³-hybridized carbons (Fsp3) is 0.143. The Morgan fingerprint density at radius 1 is 1.03 bits per heavy atom. The lowest BCUT2D eigenvalue weighted by atomic mass is 9.89. The summed E-state index contributed by atoms with van der Waals surface area (Å²) in [6, 6.07) is 13.0. The maximum atomic E-state index is 13.4. The van der Waals surface area contributed by atoms with E-state index in [0.717, 1.165) is 14.1 Å². The van der Waals surface area contributed by atoms with Crippen LogP contribution >= 0.6 is 15.9 Å². The van der Waals surface area contributed by atoms with Crippen LogP contribution in [0, 0.1) is 10.1 Å². The second-order valence-electron chi connectivity index (χ2n) is 6.93. The Balaban J connectivity index is 1.85. The monoisotopic (exact) mass is 482 g/mol. The number of fused-ring (bicyclic) bond motifs is 1. The van der Waals surface area contributed by atoms with Gasteiger partial charge in [0.1, 0.15) is 6.04 Å². The lowest BCUT2D eigenvalue weighted by Crippen LogP contribution is -2.50. The van der Waals surface area contributed by atoms with Crippen LogP contribution in [0.15, 0.2) is 71.5 Å². The van der Waals surface area contributed by atoms with E-state index in [4.69, 9.17) is 0 Å². The van der Waals surface area contributed by atoms with Crippen LogP contribution in [0.25, 0.3) is 0 Å². The molecule has 0 saturated carbocycles. The maximum Gasteiger partial charge on any atom is 0.262 e. The third-order valence-corrected chi connectivity index (χ3v) is 5.63. The Morgan fingerprint density at radius 2 is 1.65 bits per heavy atom. The summed E-state index contributed by atoms with van der Waals surface area (Å²) in [6.07, 6.45) is 2.82. The first-order valence-corrected chi connectivity index (χ1v) is 10.1. The highest BCUT2D eigenvalue weighted by Gasteiger charge is 2.47. The van der Waals surface area contributed by atoms with E-state index >= 15 is 0 Å². The van der Waals surface area contributed by atoms with E-state index in [1.807, 2.05) is 0 Å². The van der Waals surface area contributed by atoms with Crippen LogP contribution < -0.4 is 0 Å². The zero-order chi connectivity index (χ0) is 22.1. The third-order valence-electron chi connectivity index (χ3n) is 5.10. The van der Waals surface area contributed by atoms with Crippen molar-refractivity contribution in [2.75, 3.05) is 6.54 Å². The van der Waals surface area contributed by atoms with Crippen LogP contribution in [0.2, 0.25) is 0 Å². The van der Waals surface area contributed by atoms with Crippen LogP contribution in [0.5, 0.6) is 0 Å². The van der Waals surface area contributed by atoms with Gasteiger partial charge in [0.05, 0.1) is 17.0 Å². The molecule has 0 N–H and O–H groups in total. The van der Waals surface area contributed by atoms with Crippen molar-refractivity contribution in [2.24, 2.45) is 0 Å². The molecular weight excluding hydrogens is 468 g/mol. The Bertz CT molecular complexity index is 1140. The van der Waals surface area contributed by atoms with Crippen molar-refractivity contribution in [3.63, 3.8) is 0 Å². The lowest BCUT2D eigenvalue weighted by Gasteiger charge is -2.30. The average molecular weight is 483 g/mol. The number of hydrogen-bond acceptors (Lipinski definition) is 6. The molecule has 1 aliphatic heterocycles. The molecule has 9 nitrogen and oxygen atoms in total. The number of nitro groups is 1. The van der Waals surface area contributed by atoms with E-state index in [-0.39, 0.29) is 11.1 Å². The van der Waals surface area contributed by atoms with Crippen molar-refractivity contribution in [3.05, 3.63) is 98.3 Å². The average Bonchev–Trinajstić information content (AvgIpc) is 3.37. The molecule has 0 aliphatic carbocycles. The highest BCUT2D eigenvalue weighted by atomic mass is 79.9. The quantitative estimate of drug-likeness (QED) is 0.303. The van der Waals surface area contributed by atoms with Crippen molar-refractivity contribution in [1.82, 2.24) is 14.7 Å². The highest BCUT2D eigenvalue weighted by molar-refractivity contribution is 9.10. The summed E-state index contributed by atoms with van der Waals surface area (Å²) in [5, 5.41) is 15.5. The summed E-state index contributed by atoms with van der Waals surface area (Å²) in [5.74, 6) is -3.11. The number of carbonyl (C=O) groups excluding carboxylic acids is 3. The summed E-state index contributed by atoms with van der Waals surface area (Å²) in [6.45, 7) is -0.792. The van der Waals surface area contributed by atoms with Crippen LogP contribution in [-0.4, -0.2) is 49.9 Å². The van der Waals surface area contributed by atoms with Gasteiger partial charge in [-0.25, -0.2) is 4.68 Å². The van der Waals surface area contributed by atoms with Crippen molar-refractivity contribution in [1.29, 1.82) is 0 Å². The van der Waals surface area contributed by atoms with Gasteiger partial charge in [-0.1, -0.05) is 40.2 Å². The Labute approximate surface area is 184 Å². The summed E-state index contributed by atoms with van der Waals surface area (Å²) in [7, 11) is 0. The molecule has 0 fully saturated rings. The SMILES string of the molecule is O=C1c2ccccc2C(=O)N1[C@@H](C[N+](=O)[O-])[C@@H](C(=O)n1cccn1)c1ccc(Br)cc1. The molecule has 2 atom stereocenters. The number of hydrogen-bond donors (Lipinski definition) is 0. The van der Waals surface area contributed by atoms with E-state index in [0.29, 0.717) is 5.56 Å². The van der Waals surface area contributed by atoms with Gasteiger partial charge < -0.3 is 0 Å². The molecule has 0 spiro atoms. The van der Waals surface area contributed by atoms with E-state index in [1.54, 1.807) is 42.5 Å². The van der Waals surface area contributed by atoms with Gasteiger partial charge >= 0.3 is 0 Å². The van der Waals surface area contributed by atoms with Gasteiger partial charge in [0.25, 0.3) is 17.7 Å². The second kappa shape index (κ2) is 8.23. The predicted molar refractivity (Wildman–Crippen MR) is 112 cm³/mol. The summed E-state index contributed by atoms with van der Waals surface area (Å²) in [4.78, 5) is 51.3. The molecule has 2 amide bonds. The van der Waals surface area contributed by atoms with E-state index in [2.05, 4.69) is 21.0 Å². The first-order valence-electron chi connectivity index (χ1n) is 9.26. The largest absolute Gasteiger partial charge is 0.272 e. The standard InChI is InChI=1S/C21H15BrN4O5/c22-14-8-6-13(7-9-14)18(21(29)24-11-3-10-23-24)17(12-25(30)31)26-19(27)15-4-1-2-5-16(15)20(26)28/h1-11,17-18H,12H2/t17-,18-/m0/s1. The minimum absolute atomic E-state index is 0.155. The van der Waals surface area contributed by atoms with Crippen molar-refractivity contribution >= 4 is 33.7 Å². The minimum Gasteiger partial charge on any atom is -0.272 e. The van der Waals surface area contributed by atoms with Crippen LogP contribution in [0.3, 0.4) is 0 Å². The fourth-order valence-corrected chi connectivity index (χ4v) is 4.00. The Hall–Kier alpha value is -3.66. The van der Waals surface area contributed by atoms with E-state index in [9.17, 15) is 24.5 Å². The molecule has 1 aromatic heterocycles. The minimum atomic E-state index is -1.35. The number of amides is 2. The Morgan fingerprint density at radius 3 is 2.16 bits per heavy atom. The fourth-order valence-electron chi connectivity index (χ4n) is 3.74. The first-order chi connectivity index (χ1) is 14.9. The van der Waals surface area contributed by atoms with Crippen LogP contribution in [-0.2, 0) is 0 Å².